The number of carbonyl (C=O) groups excluding carboxylic acids is 2. The lowest BCUT2D eigenvalue weighted by atomic mass is 10.1. The summed E-state index contributed by atoms with van der Waals surface area (Å²) in [6, 6.07) is 7.05. The quantitative estimate of drug-likeness (QED) is 0.791. The van der Waals surface area contributed by atoms with Crippen molar-refractivity contribution in [3.05, 3.63) is 47.3 Å². The number of hydrogen-bond acceptors (Lipinski definition) is 4. The summed E-state index contributed by atoms with van der Waals surface area (Å²) in [6.45, 7) is 4.01. The maximum atomic E-state index is 13.0. The Kier molecular flexibility index (Phi) is 3.06. The van der Waals surface area contributed by atoms with E-state index >= 15 is 0 Å². The Balaban J connectivity index is 1.73. The van der Waals surface area contributed by atoms with Crippen LogP contribution in [0, 0.1) is 13.8 Å². The minimum Gasteiger partial charge on any atom is -0.390 e. The molecule has 4 rings (SSSR count). The van der Waals surface area contributed by atoms with Gasteiger partial charge in [-0.2, -0.15) is 4.57 Å². The Morgan fingerprint density at radius 1 is 1.25 bits per heavy atom. The summed E-state index contributed by atoms with van der Waals surface area (Å²) in [5.41, 5.74) is 1.98. The van der Waals surface area contributed by atoms with Gasteiger partial charge in [-0.25, -0.2) is 4.79 Å². The minimum atomic E-state index is -0.649. The standard InChI is InChI=1S/C17H17N4O3/c1-10-6-4-5-7-12(10)9-21-15(22)13-14(19(3)17(21)23)18-16-20(13)8-11(2)24-16/h4-8,13H,9H2,1-3H3/q+1. The lowest BCUT2D eigenvalue weighted by Gasteiger charge is -2.32. The Bertz CT molecular complexity index is 899. The molecule has 122 valence electrons. The molecule has 2 aliphatic heterocycles. The van der Waals surface area contributed by atoms with E-state index in [1.54, 1.807) is 24.7 Å². The predicted octanol–water partition coefficient (Wildman–Crippen LogP) is 1.86. The van der Waals surface area contributed by atoms with Crippen molar-refractivity contribution in [2.45, 2.75) is 26.4 Å². The van der Waals surface area contributed by atoms with Gasteiger partial charge in [-0.05, 0) is 25.0 Å². The maximum Gasteiger partial charge on any atom is 0.506 e. The van der Waals surface area contributed by atoms with Crippen LogP contribution in [0.15, 0.2) is 39.9 Å². The van der Waals surface area contributed by atoms with E-state index in [4.69, 9.17) is 4.42 Å². The number of hydrogen-bond donors (Lipinski definition) is 0. The van der Waals surface area contributed by atoms with E-state index in [1.807, 2.05) is 31.2 Å². The number of fused-ring (bicyclic) bond motifs is 3. The summed E-state index contributed by atoms with van der Waals surface area (Å²) in [5.74, 6) is 0.792. The number of benzene rings is 1. The molecule has 24 heavy (non-hydrogen) atoms. The molecule has 1 atom stereocenters. The first kappa shape index (κ1) is 14.6. The van der Waals surface area contributed by atoms with Crippen LogP contribution in [0.4, 0.5) is 10.8 Å². The highest BCUT2D eigenvalue weighted by Gasteiger charge is 2.54. The van der Waals surface area contributed by atoms with Crippen molar-refractivity contribution < 1.29 is 18.6 Å². The van der Waals surface area contributed by atoms with E-state index in [2.05, 4.69) is 4.99 Å². The molecule has 3 heterocycles. The first-order valence-corrected chi connectivity index (χ1v) is 7.71. The molecule has 7 heteroatoms. The summed E-state index contributed by atoms with van der Waals surface area (Å²) in [7, 11) is 1.63. The highest BCUT2D eigenvalue weighted by atomic mass is 16.4. The van der Waals surface area contributed by atoms with Gasteiger partial charge in [-0.15, -0.1) is 0 Å². The van der Waals surface area contributed by atoms with Gasteiger partial charge in [-0.1, -0.05) is 24.3 Å². The molecule has 7 nitrogen and oxygen atoms in total. The van der Waals surface area contributed by atoms with E-state index in [1.165, 1.54) is 9.80 Å². The van der Waals surface area contributed by atoms with Crippen molar-refractivity contribution in [1.29, 1.82) is 0 Å². The van der Waals surface area contributed by atoms with Crippen LogP contribution in [-0.4, -0.2) is 34.6 Å². The van der Waals surface area contributed by atoms with Gasteiger partial charge in [0.15, 0.2) is 0 Å². The fourth-order valence-corrected chi connectivity index (χ4v) is 3.14. The number of aryl methyl sites for hydroxylation is 2. The van der Waals surface area contributed by atoms with Crippen molar-refractivity contribution in [2.24, 2.45) is 4.99 Å². The maximum absolute atomic E-state index is 13.0. The van der Waals surface area contributed by atoms with Crippen LogP contribution < -0.4 is 4.57 Å². The number of aromatic nitrogens is 1. The number of nitrogens with zero attached hydrogens (tertiary/aromatic N) is 4. The Morgan fingerprint density at radius 3 is 2.75 bits per heavy atom. The highest BCUT2D eigenvalue weighted by molar-refractivity contribution is 6.18. The predicted molar refractivity (Wildman–Crippen MR) is 84.7 cm³/mol. The number of amides is 3. The highest BCUT2D eigenvalue weighted by Crippen LogP contribution is 2.29. The second-order valence-corrected chi connectivity index (χ2v) is 6.10. The lowest BCUT2D eigenvalue weighted by Crippen LogP contribution is -2.62. The number of urea groups is 1. The SMILES string of the molecule is Cc1c[n+]2c(o1)N=C1C2C(=O)N(Cc2ccccc2C)C(=O)N1C. The summed E-state index contributed by atoms with van der Waals surface area (Å²) < 4.78 is 7.17. The van der Waals surface area contributed by atoms with Gasteiger partial charge in [0.25, 0.3) is 17.8 Å². The topological polar surface area (TPSA) is 70.0 Å². The van der Waals surface area contributed by atoms with Crippen LogP contribution in [0.1, 0.15) is 22.9 Å². The third kappa shape index (κ3) is 1.97. The molecule has 1 unspecified atom stereocenters. The molecule has 2 aromatic rings. The number of rotatable bonds is 2. The van der Waals surface area contributed by atoms with Crippen LogP contribution in [0.5, 0.6) is 0 Å². The molecule has 2 aliphatic rings. The summed E-state index contributed by atoms with van der Waals surface area (Å²) in [5, 5.41) is 0. The van der Waals surface area contributed by atoms with E-state index in [9.17, 15) is 9.59 Å². The average molecular weight is 325 g/mol. The fourth-order valence-electron chi connectivity index (χ4n) is 3.14. The molecule has 0 bridgehead atoms. The molecule has 1 fully saturated rings. The van der Waals surface area contributed by atoms with Crippen LogP contribution in [-0.2, 0) is 11.3 Å². The Morgan fingerprint density at radius 2 is 2.00 bits per heavy atom. The first-order chi connectivity index (χ1) is 11.5. The zero-order valence-corrected chi connectivity index (χ0v) is 13.7. The second kappa shape index (κ2) is 5.02. The smallest absolute Gasteiger partial charge is 0.390 e. The van der Waals surface area contributed by atoms with E-state index in [-0.39, 0.29) is 18.5 Å². The second-order valence-electron chi connectivity index (χ2n) is 6.10. The molecule has 1 saturated heterocycles. The number of aliphatic imine (C=N–C) groups is 1. The normalized spacial score (nSPS) is 19.5. The van der Waals surface area contributed by atoms with E-state index in [0.29, 0.717) is 17.6 Å². The van der Waals surface area contributed by atoms with Gasteiger partial charge in [0.2, 0.25) is 0 Å². The van der Waals surface area contributed by atoms with E-state index in [0.717, 1.165) is 11.1 Å². The molecular weight excluding hydrogens is 308 g/mol. The molecule has 1 aromatic carbocycles. The van der Waals surface area contributed by atoms with Gasteiger partial charge in [0.05, 0.1) is 6.54 Å². The molecule has 0 radical (unpaired) electrons. The fraction of sp³-hybridized carbons (Fsp3) is 0.294. The van der Waals surface area contributed by atoms with Crippen molar-refractivity contribution in [3.63, 3.8) is 0 Å². The average Bonchev–Trinajstić information content (AvgIpc) is 3.07. The number of likely N-dealkylation sites (N-methyl/N-ethyl adjacent to an activating group) is 1. The molecule has 0 N–H and O–H groups in total. The zero-order chi connectivity index (χ0) is 17.0. The van der Waals surface area contributed by atoms with Crippen LogP contribution in [0.2, 0.25) is 0 Å². The number of amidine groups is 1. The van der Waals surface area contributed by atoms with Crippen molar-refractivity contribution in [1.82, 2.24) is 9.80 Å². The molecule has 3 amide bonds. The third-order valence-corrected chi connectivity index (χ3v) is 4.48. The Labute approximate surface area is 138 Å². The van der Waals surface area contributed by atoms with Gasteiger partial charge < -0.3 is 4.42 Å². The van der Waals surface area contributed by atoms with Crippen LogP contribution in [0.3, 0.4) is 0 Å². The van der Waals surface area contributed by atoms with Crippen molar-refractivity contribution >= 4 is 23.8 Å². The van der Waals surface area contributed by atoms with Gasteiger partial charge >= 0.3 is 12.0 Å². The Hall–Kier alpha value is -2.96. The minimum absolute atomic E-state index is 0.241. The first-order valence-electron chi connectivity index (χ1n) is 7.71. The monoisotopic (exact) mass is 325 g/mol. The summed E-state index contributed by atoms with van der Waals surface area (Å²) in [6.07, 6.45) is 1.74. The van der Waals surface area contributed by atoms with Gasteiger partial charge in [0.1, 0.15) is 12.0 Å². The van der Waals surface area contributed by atoms with Gasteiger partial charge in [0, 0.05) is 12.0 Å². The summed E-state index contributed by atoms with van der Waals surface area (Å²) >= 11 is 0. The number of imide groups is 1. The third-order valence-electron chi connectivity index (χ3n) is 4.48. The molecule has 0 saturated carbocycles. The van der Waals surface area contributed by atoms with Crippen molar-refractivity contribution in [2.75, 3.05) is 7.05 Å². The van der Waals surface area contributed by atoms with Crippen LogP contribution in [0.25, 0.3) is 0 Å². The number of carbonyl (C=O) groups is 2. The molecule has 0 spiro atoms. The zero-order valence-electron chi connectivity index (χ0n) is 13.7. The lowest BCUT2D eigenvalue weighted by molar-refractivity contribution is -0.679. The van der Waals surface area contributed by atoms with Crippen molar-refractivity contribution in [3.8, 4) is 0 Å². The largest absolute Gasteiger partial charge is 0.506 e. The molecular formula is C17H17N4O3+. The van der Waals surface area contributed by atoms with Crippen LogP contribution >= 0.6 is 0 Å². The number of oxazole rings is 1. The van der Waals surface area contributed by atoms with E-state index < -0.39 is 6.04 Å². The van der Waals surface area contributed by atoms with Gasteiger partial charge in [-0.3, -0.25) is 14.6 Å². The molecule has 0 aliphatic carbocycles. The summed E-state index contributed by atoms with van der Waals surface area (Å²) in [4.78, 5) is 32.6. The molecule has 1 aromatic heterocycles.